The van der Waals surface area contributed by atoms with Crippen molar-refractivity contribution < 1.29 is 9.15 Å². The monoisotopic (exact) mass is 347 g/mol. The van der Waals surface area contributed by atoms with Crippen LogP contribution < -0.4 is 10.4 Å². The van der Waals surface area contributed by atoms with E-state index >= 15 is 0 Å². The van der Waals surface area contributed by atoms with Crippen molar-refractivity contribution in [2.75, 3.05) is 7.11 Å². The van der Waals surface area contributed by atoms with Crippen LogP contribution in [0.1, 0.15) is 11.1 Å². The van der Waals surface area contributed by atoms with Gasteiger partial charge in [-0.05, 0) is 36.2 Å². The molecule has 1 heterocycles. The summed E-state index contributed by atoms with van der Waals surface area (Å²) in [6.45, 7) is 1.84. The van der Waals surface area contributed by atoms with Gasteiger partial charge in [0.05, 0.1) is 18.0 Å². The van der Waals surface area contributed by atoms with Crippen LogP contribution in [0.5, 0.6) is 5.75 Å². The highest BCUT2D eigenvalue weighted by Gasteiger charge is 2.11. The van der Waals surface area contributed by atoms with Crippen molar-refractivity contribution in [3.63, 3.8) is 0 Å². The molecule has 0 saturated heterocycles. The Morgan fingerprint density at radius 2 is 2.00 bits per heavy atom. The summed E-state index contributed by atoms with van der Waals surface area (Å²) >= 11 is 7.23. The first-order chi connectivity index (χ1) is 11.1. The molecule has 4 nitrogen and oxygen atoms in total. The normalized spacial score (nSPS) is 10.9. The van der Waals surface area contributed by atoms with Gasteiger partial charge in [0.1, 0.15) is 5.75 Å². The molecule has 0 bridgehead atoms. The molecule has 23 heavy (non-hydrogen) atoms. The van der Waals surface area contributed by atoms with E-state index in [0.717, 1.165) is 11.1 Å². The molecule has 0 unspecified atom stereocenters. The molecule has 0 aliphatic carbocycles. The molecule has 3 aromatic rings. The molecule has 0 fully saturated rings. The fourth-order valence-electron chi connectivity index (χ4n) is 2.25. The van der Waals surface area contributed by atoms with Crippen LogP contribution in [0.3, 0.4) is 0 Å². The fraction of sp³-hybridized carbons (Fsp3) is 0.176. The van der Waals surface area contributed by atoms with Crippen molar-refractivity contribution in [2.45, 2.75) is 17.9 Å². The lowest BCUT2D eigenvalue weighted by atomic mass is 10.1. The number of aryl methyl sites for hydroxylation is 1. The maximum Gasteiger partial charge on any atom is 0.347 e. The number of nitrogens with zero attached hydrogens (tertiary/aromatic N) is 1. The van der Waals surface area contributed by atoms with Gasteiger partial charge >= 0.3 is 5.63 Å². The number of rotatable bonds is 4. The van der Waals surface area contributed by atoms with Crippen molar-refractivity contribution in [3.8, 4) is 5.75 Å². The first-order valence-electron chi connectivity index (χ1n) is 6.93. The third-order valence-electron chi connectivity index (χ3n) is 3.40. The van der Waals surface area contributed by atoms with Crippen LogP contribution in [-0.4, -0.2) is 12.1 Å². The molecule has 3 rings (SSSR count). The molecule has 1 aromatic heterocycles. The maximum absolute atomic E-state index is 12.2. The van der Waals surface area contributed by atoms with Crippen molar-refractivity contribution >= 4 is 34.3 Å². The van der Waals surface area contributed by atoms with Crippen LogP contribution in [-0.2, 0) is 5.75 Å². The predicted octanol–water partition coefficient (Wildman–Crippen LogP) is 4.45. The molecule has 0 N–H and O–H groups in total. The van der Waals surface area contributed by atoms with Crippen LogP contribution in [0.2, 0.25) is 5.02 Å². The highest BCUT2D eigenvalue weighted by molar-refractivity contribution is 7.98. The summed E-state index contributed by atoms with van der Waals surface area (Å²) in [6, 6.07) is 11.1. The summed E-state index contributed by atoms with van der Waals surface area (Å²) in [7, 11) is 1.59. The standard InChI is InChI=1S/C17H14ClNO3S/c1-10-7-13(21-2)8-14-15(10)16(20)22-17(19-14)23-9-11-3-5-12(18)6-4-11/h3-8H,9H2,1-2H3. The molecule has 6 heteroatoms. The molecule has 0 amide bonds. The SMILES string of the molecule is COc1cc(C)c2c(=O)oc(SCc3ccc(Cl)cc3)nc2c1. The van der Waals surface area contributed by atoms with E-state index in [1.807, 2.05) is 31.2 Å². The molecule has 2 aromatic carbocycles. The molecule has 0 aliphatic rings. The van der Waals surface area contributed by atoms with Crippen LogP contribution in [0.15, 0.2) is 50.8 Å². The van der Waals surface area contributed by atoms with Gasteiger partial charge in [0.25, 0.3) is 5.22 Å². The average Bonchev–Trinajstić information content (AvgIpc) is 2.53. The van der Waals surface area contributed by atoms with Crippen molar-refractivity contribution in [1.29, 1.82) is 0 Å². The summed E-state index contributed by atoms with van der Waals surface area (Å²) in [6.07, 6.45) is 0. The Hall–Kier alpha value is -1.98. The van der Waals surface area contributed by atoms with Gasteiger partial charge in [-0.15, -0.1) is 0 Å². The zero-order valence-corrected chi connectivity index (χ0v) is 14.2. The third-order valence-corrected chi connectivity index (χ3v) is 4.55. The highest BCUT2D eigenvalue weighted by Crippen LogP contribution is 2.26. The van der Waals surface area contributed by atoms with E-state index in [1.165, 1.54) is 11.8 Å². The van der Waals surface area contributed by atoms with Gasteiger partial charge in [-0.25, -0.2) is 9.78 Å². The van der Waals surface area contributed by atoms with E-state index in [9.17, 15) is 4.79 Å². The summed E-state index contributed by atoms with van der Waals surface area (Å²) in [5, 5.41) is 1.52. The molecule has 0 atom stereocenters. The Bertz CT molecular complexity index is 906. The Labute approximate surface area is 142 Å². The van der Waals surface area contributed by atoms with Crippen molar-refractivity contribution in [3.05, 3.63) is 63.0 Å². The van der Waals surface area contributed by atoms with Gasteiger partial charge in [-0.3, -0.25) is 0 Å². The first kappa shape index (κ1) is 15.9. The number of ether oxygens (including phenoxy) is 1. The quantitative estimate of drug-likeness (QED) is 0.652. The number of thioether (sulfide) groups is 1. The van der Waals surface area contributed by atoms with E-state index in [2.05, 4.69) is 4.98 Å². The zero-order valence-electron chi connectivity index (χ0n) is 12.6. The number of benzene rings is 2. The van der Waals surface area contributed by atoms with Gasteiger partial charge < -0.3 is 9.15 Å². The Kier molecular flexibility index (Phi) is 4.59. The van der Waals surface area contributed by atoms with Gasteiger partial charge in [0, 0.05) is 16.8 Å². The van der Waals surface area contributed by atoms with Gasteiger partial charge in [-0.1, -0.05) is 35.5 Å². The third kappa shape index (κ3) is 3.51. The minimum atomic E-state index is -0.381. The summed E-state index contributed by atoms with van der Waals surface area (Å²) in [5.74, 6) is 1.31. The van der Waals surface area contributed by atoms with Gasteiger partial charge in [-0.2, -0.15) is 0 Å². The van der Waals surface area contributed by atoms with E-state index in [0.29, 0.717) is 32.7 Å². The number of methoxy groups -OCH3 is 1. The van der Waals surface area contributed by atoms with Crippen LogP contribution in [0.25, 0.3) is 10.9 Å². The minimum Gasteiger partial charge on any atom is -0.497 e. The molecule has 0 aliphatic heterocycles. The van der Waals surface area contributed by atoms with E-state index < -0.39 is 0 Å². The largest absolute Gasteiger partial charge is 0.497 e. The highest BCUT2D eigenvalue weighted by atomic mass is 35.5. The molecular formula is C17H14ClNO3S. The number of hydrogen-bond acceptors (Lipinski definition) is 5. The minimum absolute atomic E-state index is 0.338. The first-order valence-corrected chi connectivity index (χ1v) is 8.30. The Morgan fingerprint density at radius 3 is 2.70 bits per heavy atom. The Morgan fingerprint density at radius 1 is 1.26 bits per heavy atom. The summed E-state index contributed by atoms with van der Waals surface area (Å²) in [5.41, 5.74) is 2.06. The molecule has 0 spiro atoms. The maximum atomic E-state index is 12.2. The van der Waals surface area contributed by atoms with Gasteiger partial charge in [0.2, 0.25) is 0 Å². The molecule has 118 valence electrons. The Balaban J connectivity index is 1.92. The lowest BCUT2D eigenvalue weighted by molar-refractivity contribution is 0.399. The molecular weight excluding hydrogens is 334 g/mol. The van der Waals surface area contributed by atoms with Crippen LogP contribution >= 0.6 is 23.4 Å². The van der Waals surface area contributed by atoms with E-state index in [-0.39, 0.29) is 5.63 Å². The number of aromatic nitrogens is 1. The fourth-order valence-corrected chi connectivity index (χ4v) is 3.15. The topological polar surface area (TPSA) is 52.3 Å². The van der Waals surface area contributed by atoms with E-state index in [1.54, 1.807) is 19.2 Å². The summed E-state index contributed by atoms with van der Waals surface area (Å²) < 4.78 is 10.6. The second-order valence-electron chi connectivity index (χ2n) is 5.02. The zero-order chi connectivity index (χ0) is 16.4. The van der Waals surface area contributed by atoms with Crippen molar-refractivity contribution in [2.24, 2.45) is 0 Å². The second kappa shape index (κ2) is 6.64. The van der Waals surface area contributed by atoms with Crippen molar-refractivity contribution in [1.82, 2.24) is 4.98 Å². The molecule has 0 radical (unpaired) electrons. The second-order valence-corrected chi connectivity index (χ2v) is 6.38. The number of hydrogen-bond donors (Lipinski definition) is 0. The van der Waals surface area contributed by atoms with E-state index in [4.69, 9.17) is 20.8 Å². The number of halogens is 1. The van der Waals surface area contributed by atoms with Gasteiger partial charge in [0.15, 0.2) is 0 Å². The number of fused-ring (bicyclic) bond motifs is 1. The van der Waals surface area contributed by atoms with Crippen LogP contribution in [0, 0.1) is 6.92 Å². The molecule has 0 saturated carbocycles. The predicted molar refractivity (Wildman–Crippen MR) is 92.6 cm³/mol. The average molecular weight is 348 g/mol. The summed E-state index contributed by atoms with van der Waals surface area (Å²) in [4.78, 5) is 16.6. The lowest BCUT2D eigenvalue weighted by Gasteiger charge is -2.06. The lowest BCUT2D eigenvalue weighted by Crippen LogP contribution is -2.05. The smallest absolute Gasteiger partial charge is 0.347 e. The van der Waals surface area contributed by atoms with Crippen LogP contribution in [0.4, 0.5) is 0 Å².